The van der Waals surface area contributed by atoms with Gasteiger partial charge in [-0.25, -0.2) is 23.1 Å². The molecule has 3 aromatic rings. The summed E-state index contributed by atoms with van der Waals surface area (Å²) in [6.45, 7) is 0.734. The van der Waals surface area contributed by atoms with Gasteiger partial charge in [0.2, 0.25) is 5.95 Å². The molecular formula is C21H19F3N4OS. The largest absolute Gasteiger partial charge is 0.375 e. The fourth-order valence-electron chi connectivity index (χ4n) is 3.43. The van der Waals surface area contributed by atoms with Gasteiger partial charge in [0.05, 0.1) is 19.3 Å². The van der Waals surface area contributed by atoms with Crippen LogP contribution in [0, 0.1) is 17.5 Å². The number of nitrogens with zero attached hydrogens (tertiary/aromatic N) is 4. The zero-order chi connectivity index (χ0) is 21.1. The maximum atomic E-state index is 13.8. The van der Waals surface area contributed by atoms with Crippen LogP contribution in [-0.2, 0) is 11.3 Å². The SMILES string of the molecule is Fc1cc(F)c(COCC2CC(S)CN2c2ncc(-c3cccnc3)cn2)cc1F. The maximum Gasteiger partial charge on any atom is 0.225 e. The van der Waals surface area contributed by atoms with Crippen LogP contribution in [0.15, 0.2) is 49.1 Å². The maximum absolute atomic E-state index is 13.8. The quantitative estimate of drug-likeness (QED) is 0.471. The van der Waals surface area contributed by atoms with E-state index in [0.717, 1.165) is 23.6 Å². The molecular weight excluding hydrogens is 413 g/mol. The van der Waals surface area contributed by atoms with Gasteiger partial charge in [0, 0.05) is 59.3 Å². The van der Waals surface area contributed by atoms with Gasteiger partial charge >= 0.3 is 0 Å². The first-order chi connectivity index (χ1) is 14.5. The molecule has 2 atom stereocenters. The molecule has 0 N–H and O–H groups in total. The van der Waals surface area contributed by atoms with Gasteiger partial charge < -0.3 is 9.64 Å². The number of hydrogen-bond acceptors (Lipinski definition) is 6. The topological polar surface area (TPSA) is 51.1 Å². The number of pyridine rings is 1. The predicted molar refractivity (Wildman–Crippen MR) is 110 cm³/mol. The Labute approximate surface area is 177 Å². The summed E-state index contributed by atoms with van der Waals surface area (Å²) in [5, 5.41) is 0.111. The first-order valence-electron chi connectivity index (χ1n) is 9.39. The van der Waals surface area contributed by atoms with Gasteiger partial charge in [-0.3, -0.25) is 4.98 Å². The molecule has 2 aromatic heterocycles. The highest BCUT2D eigenvalue weighted by atomic mass is 32.1. The molecule has 0 spiro atoms. The monoisotopic (exact) mass is 432 g/mol. The van der Waals surface area contributed by atoms with Crippen LogP contribution in [-0.4, -0.2) is 39.4 Å². The smallest absolute Gasteiger partial charge is 0.225 e. The molecule has 0 amide bonds. The lowest BCUT2D eigenvalue weighted by Gasteiger charge is -2.24. The summed E-state index contributed by atoms with van der Waals surface area (Å²) in [7, 11) is 0. The summed E-state index contributed by atoms with van der Waals surface area (Å²) in [6.07, 6.45) is 7.65. The standard InChI is InChI=1S/C21H19F3N4OS/c22-18-6-20(24)19(23)4-14(18)11-29-12-16-5-17(30)10-28(16)21-26-8-15(9-27-21)13-2-1-3-25-7-13/h1-4,6-9,16-17,30H,5,10-12H2. The third-order valence-corrected chi connectivity index (χ3v) is 5.31. The molecule has 0 radical (unpaired) electrons. The van der Waals surface area contributed by atoms with Crippen LogP contribution in [0.25, 0.3) is 11.1 Å². The highest BCUT2D eigenvalue weighted by Crippen LogP contribution is 2.27. The number of hydrogen-bond donors (Lipinski definition) is 1. The highest BCUT2D eigenvalue weighted by molar-refractivity contribution is 7.81. The molecule has 5 nitrogen and oxygen atoms in total. The molecule has 1 saturated heterocycles. The van der Waals surface area contributed by atoms with E-state index in [-0.39, 0.29) is 30.1 Å². The number of halogens is 3. The zero-order valence-corrected chi connectivity index (χ0v) is 16.8. The molecule has 1 aliphatic heterocycles. The molecule has 1 aliphatic rings. The number of benzene rings is 1. The Morgan fingerprint density at radius 2 is 1.80 bits per heavy atom. The number of rotatable bonds is 6. The number of anilines is 1. The molecule has 156 valence electrons. The van der Waals surface area contributed by atoms with Crippen LogP contribution in [0.2, 0.25) is 0 Å². The Morgan fingerprint density at radius 3 is 2.53 bits per heavy atom. The molecule has 1 fully saturated rings. The third-order valence-electron chi connectivity index (χ3n) is 4.94. The Morgan fingerprint density at radius 1 is 1.03 bits per heavy atom. The van der Waals surface area contributed by atoms with Gasteiger partial charge in [-0.15, -0.1) is 0 Å². The zero-order valence-electron chi connectivity index (χ0n) is 15.9. The van der Waals surface area contributed by atoms with E-state index in [1.165, 1.54) is 0 Å². The minimum Gasteiger partial charge on any atom is -0.375 e. The summed E-state index contributed by atoms with van der Waals surface area (Å²) in [4.78, 5) is 15.0. The molecule has 1 aromatic carbocycles. The molecule has 0 bridgehead atoms. The molecule has 3 heterocycles. The lowest BCUT2D eigenvalue weighted by Crippen LogP contribution is -2.34. The molecule has 0 aliphatic carbocycles. The van der Waals surface area contributed by atoms with Gasteiger partial charge in [0.25, 0.3) is 0 Å². The molecule has 9 heteroatoms. The van der Waals surface area contributed by atoms with Crippen molar-refractivity contribution < 1.29 is 17.9 Å². The summed E-state index contributed by atoms with van der Waals surface area (Å²) in [5.74, 6) is -2.61. The molecule has 4 rings (SSSR count). The van der Waals surface area contributed by atoms with Gasteiger partial charge in [-0.2, -0.15) is 12.6 Å². The van der Waals surface area contributed by atoms with Crippen molar-refractivity contribution in [3.8, 4) is 11.1 Å². The van der Waals surface area contributed by atoms with Crippen molar-refractivity contribution in [1.82, 2.24) is 15.0 Å². The van der Waals surface area contributed by atoms with Crippen molar-refractivity contribution in [2.75, 3.05) is 18.1 Å². The van der Waals surface area contributed by atoms with Crippen molar-refractivity contribution in [2.45, 2.75) is 24.3 Å². The van der Waals surface area contributed by atoms with Gasteiger partial charge in [0.1, 0.15) is 5.82 Å². The van der Waals surface area contributed by atoms with Crippen LogP contribution in [0.5, 0.6) is 0 Å². The number of thiol groups is 1. The first-order valence-corrected chi connectivity index (χ1v) is 9.91. The molecule has 30 heavy (non-hydrogen) atoms. The average Bonchev–Trinajstić information content (AvgIpc) is 3.13. The van der Waals surface area contributed by atoms with Gasteiger partial charge in [-0.1, -0.05) is 6.07 Å². The summed E-state index contributed by atoms with van der Waals surface area (Å²) in [6, 6.07) is 5.05. The Balaban J connectivity index is 1.42. The fourth-order valence-corrected chi connectivity index (χ4v) is 3.85. The first kappa shape index (κ1) is 20.6. The second kappa shape index (κ2) is 9.01. The lowest BCUT2D eigenvalue weighted by molar-refractivity contribution is 0.106. The van der Waals surface area contributed by atoms with Crippen LogP contribution in [0.1, 0.15) is 12.0 Å². The highest BCUT2D eigenvalue weighted by Gasteiger charge is 2.32. The summed E-state index contributed by atoms with van der Waals surface area (Å²) in [5.41, 5.74) is 1.75. The predicted octanol–water partition coefficient (Wildman–Crippen LogP) is 4.05. The summed E-state index contributed by atoms with van der Waals surface area (Å²) < 4.78 is 45.8. The Bertz CT molecular complexity index is 1010. The van der Waals surface area contributed by atoms with Crippen molar-refractivity contribution in [1.29, 1.82) is 0 Å². The van der Waals surface area contributed by atoms with Gasteiger partial charge in [0.15, 0.2) is 11.6 Å². The fraction of sp³-hybridized carbons (Fsp3) is 0.286. The summed E-state index contributed by atoms with van der Waals surface area (Å²) >= 11 is 4.56. The normalized spacial score (nSPS) is 18.7. The second-order valence-corrected chi connectivity index (χ2v) is 7.81. The molecule has 0 saturated carbocycles. The minimum atomic E-state index is -1.22. The van der Waals surface area contributed by atoms with E-state index in [4.69, 9.17) is 4.74 Å². The molecule has 2 unspecified atom stereocenters. The van der Waals surface area contributed by atoms with E-state index in [1.54, 1.807) is 24.8 Å². The second-order valence-electron chi connectivity index (χ2n) is 7.08. The van der Waals surface area contributed by atoms with Crippen molar-refractivity contribution in [2.24, 2.45) is 0 Å². The van der Waals surface area contributed by atoms with Crippen molar-refractivity contribution in [3.05, 3.63) is 72.1 Å². The van der Waals surface area contributed by atoms with Crippen molar-refractivity contribution >= 4 is 18.6 Å². The Hall–Kier alpha value is -2.65. The minimum absolute atomic E-state index is 0.0297. The van der Waals surface area contributed by atoms with E-state index in [9.17, 15) is 13.2 Å². The average molecular weight is 432 g/mol. The van der Waals surface area contributed by atoms with E-state index in [0.29, 0.717) is 18.6 Å². The van der Waals surface area contributed by atoms with E-state index in [1.807, 2.05) is 17.0 Å². The lowest BCUT2D eigenvalue weighted by atomic mass is 10.2. The van der Waals surface area contributed by atoms with Crippen molar-refractivity contribution in [3.63, 3.8) is 0 Å². The van der Waals surface area contributed by atoms with E-state index >= 15 is 0 Å². The van der Waals surface area contributed by atoms with Crippen LogP contribution in [0.3, 0.4) is 0 Å². The van der Waals surface area contributed by atoms with Gasteiger partial charge in [-0.05, 0) is 18.6 Å². The Kier molecular flexibility index (Phi) is 6.19. The van der Waals surface area contributed by atoms with E-state index in [2.05, 4.69) is 27.6 Å². The third kappa shape index (κ3) is 4.57. The van der Waals surface area contributed by atoms with Crippen LogP contribution < -0.4 is 4.90 Å². The van der Waals surface area contributed by atoms with Crippen LogP contribution in [0.4, 0.5) is 19.1 Å². The van der Waals surface area contributed by atoms with E-state index < -0.39 is 17.5 Å². The van der Waals surface area contributed by atoms with Crippen LogP contribution >= 0.6 is 12.6 Å². The number of aromatic nitrogens is 3. The number of ether oxygens (including phenoxy) is 1.